The third-order valence-corrected chi connectivity index (χ3v) is 5.77. The number of halogens is 1. The van der Waals surface area contributed by atoms with Gasteiger partial charge in [0.1, 0.15) is 5.82 Å². The first-order chi connectivity index (χ1) is 14.6. The molecule has 2 heterocycles. The van der Waals surface area contributed by atoms with Crippen LogP contribution in [0, 0.1) is 11.7 Å². The van der Waals surface area contributed by atoms with Crippen molar-refractivity contribution in [1.82, 2.24) is 25.1 Å². The molecule has 1 aromatic heterocycles. The summed E-state index contributed by atoms with van der Waals surface area (Å²) in [5.41, 5.74) is 2.43. The second-order valence-electron chi connectivity index (χ2n) is 7.32. The SMILES string of the molecule is CSc1nnnn1-c1cccc(NC(=O)C2CCCN(Cc3cccc(F)c3)C2)c1. The minimum absolute atomic E-state index is 0.00195. The quantitative estimate of drug-likeness (QED) is 0.609. The molecule has 4 rings (SSSR count). The molecular weight excluding hydrogens is 403 g/mol. The summed E-state index contributed by atoms with van der Waals surface area (Å²) in [5, 5.41) is 15.4. The van der Waals surface area contributed by atoms with Crippen LogP contribution in [0.25, 0.3) is 5.69 Å². The van der Waals surface area contributed by atoms with Crippen molar-refractivity contribution in [2.24, 2.45) is 5.92 Å². The minimum atomic E-state index is -0.231. The van der Waals surface area contributed by atoms with Gasteiger partial charge in [-0.05, 0) is 72.0 Å². The number of piperidine rings is 1. The number of rotatable bonds is 6. The lowest BCUT2D eigenvalue weighted by Gasteiger charge is -2.32. The van der Waals surface area contributed by atoms with E-state index < -0.39 is 0 Å². The van der Waals surface area contributed by atoms with E-state index in [0.29, 0.717) is 23.9 Å². The van der Waals surface area contributed by atoms with Crippen molar-refractivity contribution in [1.29, 1.82) is 0 Å². The summed E-state index contributed by atoms with van der Waals surface area (Å²) in [6, 6.07) is 14.1. The zero-order valence-corrected chi connectivity index (χ0v) is 17.5. The molecule has 2 aromatic carbocycles. The van der Waals surface area contributed by atoms with Gasteiger partial charge in [-0.1, -0.05) is 30.0 Å². The Balaban J connectivity index is 1.40. The van der Waals surface area contributed by atoms with Crippen molar-refractivity contribution in [3.05, 3.63) is 59.9 Å². The minimum Gasteiger partial charge on any atom is -0.326 e. The second kappa shape index (κ2) is 9.36. The number of carbonyl (C=O) groups excluding carboxylic acids is 1. The number of aromatic nitrogens is 4. The lowest BCUT2D eigenvalue weighted by molar-refractivity contribution is -0.121. The van der Waals surface area contributed by atoms with E-state index in [1.54, 1.807) is 16.8 Å². The van der Waals surface area contributed by atoms with Crippen LogP contribution < -0.4 is 5.32 Å². The van der Waals surface area contributed by atoms with Crippen molar-refractivity contribution in [3.8, 4) is 5.69 Å². The number of nitrogens with one attached hydrogen (secondary N) is 1. The van der Waals surface area contributed by atoms with Crippen LogP contribution in [0.15, 0.2) is 53.7 Å². The molecule has 1 aliphatic heterocycles. The summed E-state index contributed by atoms with van der Waals surface area (Å²) in [7, 11) is 0. The number of hydrogen-bond acceptors (Lipinski definition) is 6. The Morgan fingerprint density at radius 2 is 2.13 bits per heavy atom. The fourth-order valence-corrected chi connectivity index (χ4v) is 4.17. The van der Waals surface area contributed by atoms with Gasteiger partial charge in [0.2, 0.25) is 11.1 Å². The summed E-state index contributed by atoms with van der Waals surface area (Å²) < 4.78 is 15.1. The van der Waals surface area contributed by atoms with Crippen LogP contribution in [-0.4, -0.2) is 50.4 Å². The number of likely N-dealkylation sites (tertiary alicyclic amines) is 1. The van der Waals surface area contributed by atoms with Crippen LogP contribution in [0.2, 0.25) is 0 Å². The highest BCUT2D eigenvalue weighted by molar-refractivity contribution is 7.98. The van der Waals surface area contributed by atoms with Gasteiger partial charge >= 0.3 is 0 Å². The summed E-state index contributed by atoms with van der Waals surface area (Å²) in [4.78, 5) is 15.1. The van der Waals surface area contributed by atoms with Crippen molar-refractivity contribution in [2.45, 2.75) is 24.5 Å². The zero-order valence-electron chi connectivity index (χ0n) is 16.7. The third-order valence-electron chi connectivity index (χ3n) is 5.15. The molecular formula is C21H23FN6OS. The van der Waals surface area contributed by atoms with Gasteiger partial charge in [0.05, 0.1) is 11.6 Å². The molecule has 1 aliphatic rings. The molecule has 0 radical (unpaired) electrons. The number of benzene rings is 2. The Labute approximate surface area is 178 Å². The predicted octanol–water partition coefficient (Wildman–Crippen LogP) is 3.37. The standard InChI is InChI=1S/C21H23FN6OS/c1-30-21-24-25-26-28(21)19-9-3-8-18(12-19)23-20(29)16-6-4-10-27(14-16)13-15-5-2-7-17(22)11-15/h2-3,5,7-9,11-12,16H,4,6,10,13-14H2,1H3,(H,23,29). The Morgan fingerprint density at radius 3 is 2.97 bits per heavy atom. The van der Waals surface area contributed by atoms with Crippen LogP contribution in [0.5, 0.6) is 0 Å². The smallest absolute Gasteiger partial charge is 0.228 e. The molecule has 0 bridgehead atoms. The van der Waals surface area contributed by atoms with Gasteiger partial charge < -0.3 is 5.32 Å². The van der Waals surface area contributed by atoms with Crippen molar-refractivity contribution in [2.75, 3.05) is 24.7 Å². The molecule has 0 saturated carbocycles. The fraction of sp³-hybridized carbons (Fsp3) is 0.333. The Morgan fingerprint density at radius 1 is 1.27 bits per heavy atom. The van der Waals surface area contributed by atoms with Gasteiger partial charge in [-0.2, -0.15) is 4.68 Å². The fourth-order valence-electron chi connectivity index (χ4n) is 3.73. The Bertz CT molecular complexity index is 1030. The first-order valence-electron chi connectivity index (χ1n) is 9.83. The van der Waals surface area contributed by atoms with Crippen LogP contribution in [-0.2, 0) is 11.3 Å². The predicted molar refractivity (Wildman–Crippen MR) is 114 cm³/mol. The Kier molecular flexibility index (Phi) is 6.39. The van der Waals surface area contributed by atoms with Gasteiger partial charge in [0.25, 0.3) is 0 Å². The van der Waals surface area contributed by atoms with E-state index in [9.17, 15) is 9.18 Å². The molecule has 156 valence electrons. The first kappa shape index (κ1) is 20.5. The maximum absolute atomic E-state index is 13.5. The summed E-state index contributed by atoms with van der Waals surface area (Å²) in [6.07, 6.45) is 3.69. The monoisotopic (exact) mass is 426 g/mol. The molecule has 1 fully saturated rings. The molecule has 30 heavy (non-hydrogen) atoms. The molecule has 7 nitrogen and oxygen atoms in total. The van der Waals surface area contributed by atoms with E-state index in [2.05, 4.69) is 25.7 Å². The van der Waals surface area contributed by atoms with Crippen LogP contribution in [0.3, 0.4) is 0 Å². The van der Waals surface area contributed by atoms with Crippen LogP contribution in [0.4, 0.5) is 10.1 Å². The molecule has 0 spiro atoms. The maximum atomic E-state index is 13.5. The number of hydrogen-bond donors (Lipinski definition) is 1. The highest BCUT2D eigenvalue weighted by Crippen LogP contribution is 2.23. The number of carbonyl (C=O) groups is 1. The van der Waals surface area contributed by atoms with E-state index in [1.165, 1.54) is 17.8 Å². The topological polar surface area (TPSA) is 75.9 Å². The number of tetrazole rings is 1. The molecule has 1 atom stereocenters. The van der Waals surface area contributed by atoms with Gasteiger partial charge in [-0.3, -0.25) is 9.69 Å². The van der Waals surface area contributed by atoms with E-state index in [1.807, 2.05) is 36.6 Å². The van der Waals surface area contributed by atoms with Crippen LogP contribution in [0.1, 0.15) is 18.4 Å². The summed E-state index contributed by atoms with van der Waals surface area (Å²) >= 11 is 1.45. The van der Waals surface area contributed by atoms with Crippen molar-refractivity contribution < 1.29 is 9.18 Å². The molecule has 1 amide bonds. The summed E-state index contributed by atoms with van der Waals surface area (Å²) in [5.74, 6) is -0.338. The maximum Gasteiger partial charge on any atom is 0.228 e. The highest BCUT2D eigenvalue weighted by Gasteiger charge is 2.26. The van der Waals surface area contributed by atoms with Crippen molar-refractivity contribution >= 4 is 23.4 Å². The average Bonchev–Trinajstić information content (AvgIpc) is 3.23. The molecule has 1 N–H and O–H groups in total. The molecule has 3 aromatic rings. The second-order valence-corrected chi connectivity index (χ2v) is 8.09. The van der Waals surface area contributed by atoms with Gasteiger partial charge in [0, 0.05) is 18.8 Å². The molecule has 1 unspecified atom stereocenters. The number of nitrogens with zero attached hydrogens (tertiary/aromatic N) is 5. The van der Waals surface area contributed by atoms with Crippen LogP contribution >= 0.6 is 11.8 Å². The molecule has 9 heteroatoms. The normalized spacial score (nSPS) is 17.1. The van der Waals surface area contributed by atoms with Gasteiger partial charge in [-0.25, -0.2) is 4.39 Å². The van der Waals surface area contributed by atoms with E-state index in [4.69, 9.17) is 0 Å². The largest absolute Gasteiger partial charge is 0.326 e. The highest BCUT2D eigenvalue weighted by atomic mass is 32.2. The Hall–Kier alpha value is -2.78. The number of amides is 1. The van der Waals surface area contributed by atoms with E-state index >= 15 is 0 Å². The van der Waals surface area contributed by atoms with Gasteiger partial charge in [0.15, 0.2) is 0 Å². The first-order valence-corrected chi connectivity index (χ1v) is 11.1. The zero-order chi connectivity index (χ0) is 20.9. The molecule has 0 aliphatic carbocycles. The third kappa shape index (κ3) is 4.85. The number of thioether (sulfide) groups is 1. The van der Waals surface area contributed by atoms with E-state index in [0.717, 1.165) is 30.6 Å². The summed E-state index contributed by atoms with van der Waals surface area (Å²) in [6.45, 7) is 2.21. The average molecular weight is 427 g/mol. The number of anilines is 1. The lowest BCUT2D eigenvalue weighted by atomic mass is 9.96. The van der Waals surface area contributed by atoms with Gasteiger partial charge in [-0.15, -0.1) is 5.10 Å². The molecule has 1 saturated heterocycles. The lowest BCUT2D eigenvalue weighted by Crippen LogP contribution is -2.40. The van der Waals surface area contributed by atoms with Crippen molar-refractivity contribution in [3.63, 3.8) is 0 Å². The van der Waals surface area contributed by atoms with E-state index in [-0.39, 0.29) is 17.6 Å².